The van der Waals surface area contributed by atoms with Crippen molar-refractivity contribution in [1.82, 2.24) is 9.80 Å². The summed E-state index contributed by atoms with van der Waals surface area (Å²) in [6.45, 7) is 10.1. The van der Waals surface area contributed by atoms with E-state index in [9.17, 15) is 4.79 Å². The first kappa shape index (κ1) is 22.3. The third kappa shape index (κ3) is 4.23. The number of hydrogen-bond donors (Lipinski definition) is 0. The van der Waals surface area contributed by atoms with Gasteiger partial charge in [-0.15, -0.1) is 0 Å². The Morgan fingerprint density at radius 1 is 1.06 bits per heavy atom. The van der Waals surface area contributed by atoms with Crippen molar-refractivity contribution in [3.05, 3.63) is 58.9 Å². The van der Waals surface area contributed by atoms with E-state index < -0.39 is 0 Å². The molecule has 1 amide bonds. The first-order valence-corrected chi connectivity index (χ1v) is 11.6. The summed E-state index contributed by atoms with van der Waals surface area (Å²) >= 11 is 0. The average molecular weight is 463 g/mol. The fourth-order valence-electron chi connectivity index (χ4n) is 4.62. The molecule has 34 heavy (non-hydrogen) atoms. The number of amides is 1. The Kier molecular flexibility index (Phi) is 5.96. The molecule has 2 aliphatic rings. The van der Waals surface area contributed by atoms with E-state index in [1.807, 2.05) is 43.9 Å². The van der Waals surface area contributed by atoms with Gasteiger partial charge in [-0.1, -0.05) is 6.07 Å². The molecule has 0 radical (unpaired) electrons. The van der Waals surface area contributed by atoms with Gasteiger partial charge in [0.1, 0.15) is 17.1 Å². The van der Waals surface area contributed by atoms with E-state index >= 15 is 0 Å². The number of ether oxygens (including phenoxy) is 3. The lowest BCUT2D eigenvalue weighted by atomic mass is 10.0. The Morgan fingerprint density at radius 3 is 2.59 bits per heavy atom. The zero-order chi connectivity index (χ0) is 23.8. The van der Waals surface area contributed by atoms with Crippen molar-refractivity contribution in [3.8, 4) is 17.2 Å². The van der Waals surface area contributed by atoms with E-state index in [-0.39, 0.29) is 12.7 Å². The molecule has 178 valence electrons. The fraction of sp³-hybridized carbons (Fsp3) is 0.370. The summed E-state index contributed by atoms with van der Waals surface area (Å²) in [4.78, 5) is 17.3. The number of carbonyl (C=O) groups excluding carboxylic acids is 1. The molecule has 0 atom stereocenters. The van der Waals surface area contributed by atoms with Crippen LogP contribution in [0.4, 0.5) is 0 Å². The summed E-state index contributed by atoms with van der Waals surface area (Å²) in [5, 5.41) is 1.05. The first-order valence-electron chi connectivity index (χ1n) is 11.6. The van der Waals surface area contributed by atoms with Gasteiger partial charge < -0.3 is 23.5 Å². The lowest BCUT2D eigenvalue weighted by Crippen LogP contribution is -2.47. The van der Waals surface area contributed by atoms with Gasteiger partial charge >= 0.3 is 0 Å². The van der Waals surface area contributed by atoms with Crippen LogP contribution in [0.3, 0.4) is 0 Å². The van der Waals surface area contributed by atoms with Crippen LogP contribution in [-0.4, -0.2) is 55.8 Å². The molecule has 0 spiro atoms. The van der Waals surface area contributed by atoms with Gasteiger partial charge in [-0.2, -0.15) is 0 Å². The zero-order valence-electron chi connectivity index (χ0n) is 20.1. The molecule has 7 heteroatoms. The van der Waals surface area contributed by atoms with Crippen molar-refractivity contribution in [3.63, 3.8) is 0 Å². The lowest BCUT2D eigenvalue weighted by molar-refractivity contribution is -0.127. The van der Waals surface area contributed by atoms with E-state index in [1.54, 1.807) is 13.2 Å². The number of piperazine rings is 1. The Balaban J connectivity index is 1.25. The van der Waals surface area contributed by atoms with Crippen LogP contribution in [0.2, 0.25) is 0 Å². The van der Waals surface area contributed by atoms with Crippen molar-refractivity contribution in [1.29, 1.82) is 0 Å². The highest BCUT2D eigenvalue weighted by Crippen LogP contribution is 2.35. The highest BCUT2D eigenvalue weighted by Gasteiger charge is 2.22. The number of benzene rings is 2. The summed E-state index contributed by atoms with van der Waals surface area (Å²) in [7, 11) is 1.64. The highest BCUT2D eigenvalue weighted by atomic mass is 16.7. The minimum Gasteiger partial charge on any atom is -0.496 e. The number of fused-ring (bicyclic) bond motifs is 2. The van der Waals surface area contributed by atoms with E-state index in [0.29, 0.717) is 18.8 Å². The number of hydrogen-bond acceptors (Lipinski definition) is 6. The van der Waals surface area contributed by atoms with Crippen LogP contribution >= 0.6 is 0 Å². The number of aryl methyl sites for hydroxylation is 2. The summed E-state index contributed by atoms with van der Waals surface area (Å²) in [6, 6.07) is 10.0. The largest absolute Gasteiger partial charge is 0.496 e. The number of furan rings is 1. The second-order valence-electron chi connectivity index (χ2n) is 8.95. The molecule has 1 saturated heterocycles. The highest BCUT2D eigenvalue weighted by molar-refractivity contribution is 5.97. The molecule has 2 aromatic carbocycles. The van der Waals surface area contributed by atoms with Crippen molar-refractivity contribution in [2.45, 2.75) is 27.3 Å². The summed E-state index contributed by atoms with van der Waals surface area (Å²) in [5.41, 5.74) is 4.88. The molecule has 0 saturated carbocycles. The minimum atomic E-state index is 0.0301. The number of methoxy groups -OCH3 is 1. The number of rotatable bonds is 5. The number of carbonyl (C=O) groups is 1. The Labute approximate surface area is 199 Å². The standard InChI is InChI=1S/C27H30N2O5/c1-17(21-13-22-18(2)19(3)34-25(22)14-24(21)31-4)11-27(30)29-9-7-28(8-10-29)15-20-5-6-23-26(12-20)33-16-32-23/h5-6,11-14H,7-10,15-16H2,1-4H3/b17-11+. The first-order chi connectivity index (χ1) is 16.4. The van der Waals surface area contributed by atoms with Crippen LogP contribution in [0.25, 0.3) is 16.5 Å². The van der Waals surface area contributed by atoms with Gasteiger partial charge in [0.15, 0.2) is 11.5 Å². The van der Waals surface area contributed by atoms with Crippen LogP contribution in [0, 0.1) is 13.8 Å². The molecule has 3 heterocycles. The van der Waals surface area contributed by atoms with E-state index in [2.05, 4.69) is 17.0 Å². The van der Waals surface area contributed by atoms with Crippen LogP contribution in [-0.2, 0) is 11.3 Å². The predicted octanol–water partition coefficient (Wildman–Crippen LogP) is 4.53. The molecule has 1 aromatic heterocycles. The van der Waals surface area contributed by atoms with E-state index in [4.69, 9.17) is 18.6 Å². The molecule has 0 unspecified atom stereocenters. The predicted molar refractivity (Wildman–Crippen MR) is 130 cm³/mol. The minimum absolute atomic E-state index is 0.0301. The average Bonchev–Trinajstić information content (AvgIpc) is 3.42. The van der Waals surface area contributed by atoms with E-state index in [1.165, 1.54) is 5.56 Å². The zero-order valence-corrected chi connectivity index (χ0v) is 20.1. The quantitative estimate of drug-likeness (QED) is 0.519. The van der Waals surface area contributed by atoms with Crippen molar-refractivity contribution in [2.75, 3.05) is 40.1 Å². The molecule has 0 N–H and O–H groups in total. The summed E-state index contributed by atoms with van der Waals surface area (Å²) in [6.07, 6.45) is 1.72. The second-order valence-corrected chi connectivity index (χ2v) is 8.95. The number of allylic oxidation sites excluding steroid dienone is 1. The van der Waals surface area contributed by atoms with Gasteiger partial charge in [0.25, 0.3) is 0 Å². The molecular weight excluding hydrogens is 432 g/mol. The topological polar surface area (TPSA) is 64.4 Å². The van der Waals surface area contributed by atoms with Crippen molar-refractivity contribution in [2.24, 2.45) is 0 Å². The molecule has 0 bridgehead atoms. The van der Waals surface area contributed by atoms with Gasteiger partial charge in [-0.05, 0) is 55.7 Å². The monoisotopic (exact) mass is 462 g/mol. The Hall–Kier alpha value is -3.45. The second kappa shape index (κ2) is 9.06. The van der Waals surface area contributed by atoms with Gasteiger partial charge in [0.05, 0.1) is 7.11 Å². The Bertz CT molecular complexity index is 1270. The summed E-state index contributed by atoms with van der Waals surface area (Å²) < 4.78 is 22.3. The van der Waals surface area contributed by atoms with Crippen LogP contribution in [0.5, 0.6) is 17.2 Å². The summed E-state index contributed by atoms with van der Waals surface area (Å²) in [5.74, 6) is 3.24. The lowest BCUT2D eigenvalue weighted by Gasteiger charge is -2.34. The van der Waals surface area contributed by atoms with Gasteiger partial charge in [0, 0.05) is 55.8 Å². The molecule has 1 fully saturated rings. The molecule has 3 aromatic rings. The molecule has 2 aliphatic heterocycles. The maximum absolute atomic E-state index is 13.1. The maximum Gasteiger partial charge on any atom is 0.246 e. The molecule has 0 aliphatic carbocycles. The number of nitrogens with zero attached hydrogens (tertiary/aromatic N) is 2. The smallest absolute Gasteiger partial charge is 0.246 e. The van der Waals surface area contributed by atoms with Crippen LogP contribution in [0.1, 0.15) is 29.4 Å². The van der Waals surface area contributed by atoms with Crippen LogP contribution < -0.4 is 14.2 Å². The molecule has 5 rings (SSSR count). The molecule has 7 nitrogen and oxygen atoms in total. The third-order valence-corrected chi connectivity index (χ3v) is 6.79. The van der Waals surface area contributed by atoms with Gasteiger partial charge in [0.2, 0.25) is 12.7 Å². The van der Waals surface area contributed by atoms with Crippen molar-refractivity contribution >= 4 is 22.4 Å². The SMILES string of the molecule is COc1cc2oc(C)c(C)c2cc1/C(C)=C/C(=O)N1CCN(Cc2ccc3c(c2)OCO3)CC1. The fourth-order valence-corrected chi connectivity index (χ4v) is 4.62. The maximum atomic E-state index is 13.1. The molecular formula is C27H30N2O5. The normalized spacial score (nSPS) is 16.4. The van der Waals surface area contributed by atoms with Gasteiger partial charge in [-0.3, -0.25) is 9.69 Å². The van der Waals surface area contributed by atoms with E-state index in [0.717, 1.165) is 64.6 Å². The Morgan fingerprint density at radius 2 is 1.82 bits per heavy atom. The van der Waals surface area contributed by atoms with Crippen molar-refractivity contribution < 1.29 is 23.4 Å². The third-order valence-electron chi connectivity index (χ3n) is 6.79. The van der Waals surface area contributed by atoms with Gasteiger partial charge in [-0.25, -0.2) is 0 Å². The van der Waals surface area contributed by atoms with Crippen LogP contribution in [0.15, 0.2) is 40.8 Å².